The maximum Gasteiger partial charge on any atom is 0.264 e. The Morgan fingerprint density at radius 3 is 2.69 bits per heavy atom. The summed E-state index contributed by atoms with van der Waals surface area (Å²) < 4.78 is 0. The molecule has 0 atom stereocenters. The fraction of sp³-hybridized carbons (Fsp3) is 0.583. The van der Waals surface area contributed by atoms with Crippen molar-refractivity contribution >= 4 is 17.2 Å². The summed E-state index contributed by atoms with van der Waals surface area (Å²) in [6.07, 6.45) is 2.12. The third kappa shape index (κ3) is 2.28. The van der Waals surface area contributed by atoms with Crippen LogP contribution >= 0.6 is 11.3 Å². The molecule has 0 bridgehead atoms. The number of rotatable bonds is 2. The molecule has 88 valence electrons. The van der Waals surface area contributed by atoms with E-state index in [9.17, 15) is 4.79 Å². The van der Waals surface area contributed by atoms with Crippen LogP contribution in [0.25, 0.3) is 0 Å². The number of amides is 1. The van der Waals surface area contributed by atoms with Crippen LogP contribution < -0.4 is 5.32 Å². The second kappa shape index (κ2) is 4.97. The number of carbonyl (C=O) groups is 1. The van der Waals surface area contributed by atoms with E-state index >= 15 is 0 Å². The summed E-state index contributed by atoms with van der Waals surface area (Å²) in [4.78, 5) is 15.1. The van der Waals surface area contributed by atoms with Crippen LogP contribution in [0.4, 0.5) is 0 Å². The summed E-state index contributed by atoms with van der Waals surface area (Å²) in [6, 6.07) is 2.59. The predicted molar refractivity (Wildman–Crippen MR) is 67.0 cm³/mol. The van der Waals surface area contributed by atoms with Crippen LogP contribution in [0.15, 0.2) is 11.4 Å². The van der Waals surface area contributed by atoms with Crippen LogP contribution in [0.1, 0.15) is 28.1 Å². The second-order valence-electron chi connectivity index (χ2n) is 4.29. The molecule has 2 heterocycles. The van der Waals surface area contributed by atoms with Crippen molar-refractivity contribution in [1.82, 2.24) is 10.2 Å². The zero-order valence-electron chi connectivity index (χ0n) is 9.82. The maximum absolute atomic E-state index is 12.2. The average Bonchev–Trinajstić information content (AvgIpc) is 2.75. The van der Waals surface area contributed by atoms with Gasteiger partial charge in [0.1, 0.15) is 0 Å². The largest absolute Gasteiger partial charge is 0.338 e. The molecule has 3 nitrogen and oxygen atoms in total. The van der Waals surface area contributed by atoms with Crippen LogP contribution in [0.2, 0.25) is 0 Å². The van der Waals surface area contributed by atoms with Gasteiger partial charge < -0.3 is 10.2 Å². The molecule has 1 N–H and O–H groups in total. The Hall–Kier alpha value is -0.870. The first-order valence-corrected chi connectivity index (χ1v) is 6.61. The van der Waals surface area contributed by atoms with E-state index in [2.05, 4.69) is 5.32 Å². The first kappa shape index (κ1) is 11.6. The molecule has 0 spiro atoms. The van der Waals surface area contributed by atoms with Crippen molar-refractivity contribution in [3.8, 4) is 0 Å². The smallest absolute Gasteiger partial charge is 0.264 e. The third-order valence-corrected chi connectivity index (χ3v) is 4.25. The minimum Gasteiger partial charge on any atom is -0.338 e. The highest BCUT2D eigenvalue weighted by atomic mass is 32.1. The topological polar surface area (TPSA) is 32.3 Å². The number of hydrogen-bond donors (Lipinski definition) is 1. The molecule has 1 saturated heterocycles. The van der Waals surface area contributed by atoms with Crippen LogP contribution in [0.5, 0.6) is 0 Å². The van der Waals surface area contributed by atoms with Crippen molar-refractivity contribution < 1.29 is 4.79 Å². The zero-order chi connectivity index (χ0) is 11.5. The van der Waals surface area contributed by atoms with Gasteiger partial charge in [0.05, 0.1) is 4.88 Å². The average molecular weight is 238 g/mol. The van der Waals surface area contributed by atoms with Gasteiger partial charge in [0.25, 0.3) is 5.91 Å². The van der Waals surface area contributed by atoms with Gasteiger partial charge in [0.15, 0.2) is 0 Å². The van der Waals surface area contributed by atoms with Crippen LogP contribution in [0, 0.1) is 6.92 Å². The van der Waals surface area contributed by atoms with Gasteiger partial charge in [0, 0.05) is 19.1 Å². The minimum atomic E-state index is 0.210. The molecule has 0 unspecified atom stereocenters. The Labute approximate surface area is 100 Å². The van der Waals surface area contributed by atoms with E-state index in [0.29, 0.717) is 6.04 Å². The lowest BCUT2D eigenvalue weighted by Gasteiger charge is -2.31. The number of carbonyl (C=O) groups excluding carboxylic acids is 1. The van der Waals surface area contributed by atoms with Gasteiger partial charge in [0.2, 0.25) is 0 Å². The van der Waals surface area contributed by atoms with Crippen molar-refractivity contribution in [2.24, 2.45) is 0 Å². The molecule has 0 radical (unpaired) electrons. The summed E-state index contributed by atoms with van der Waals surface area (Å²) in [6.45, 7) is 3.76. The third-order valence-electron chi connectivity index (χ3n) is 3.25. The van der Waals surface area contributed by atoms with Gasteiger partial charge in [-0.2, -0.15) is 0 Å². The van der Waals surface area contributed by atoms with E-state index in [1.165, 1.54) is 0 Å². The SMILES string of the molecule is CNC1CCN(C(=O)c2sccc2C)CC1. The lowest BCUT2D eigenvalue weighted by molar-refractivity contribution is 0.0711. The van der Waals surface area contributed by atoms with E-state index in [1.54, 1.807) is 11.3 Å². The van der Waals surface area contributed by atoms with E-state index in [0.717, 1.165) is 36.4 Å². The lowest BCUT2D eigenvalue weighted by Crippen LogP contribution is -2.43. The summed E-state index contributed by atoms with van der Waals surface area (Å²) in [7, 11) is 1.99. The molecule has 1 aliphatic heterocycles. The van der Waals surface area contributed by atoms with Crippen molar-refractivity contribution in [3.05, 3.63) is 21.9 Å². The summed E-state index contributed by atoms with van der Waals surface area (Å²) in [5, 5.41) is 5.26. The Balaban J connectivity index is 2.00. The lowest BCUT2D eigenvalue weighted by atomic mass is 10.1. The Morgan fingerprint density at radius 1 is 1.50 bits per heavy atom. The molecule has 16 heavy (non-hydrogen) atoms. The highest BCUT2D eigenvalue weighted by molar-refractivity contribution is 7.12. The summed E-state index contributed by atoms with van der Waals surface area (Å²) in [5.41, 5.74) is 1.10. The number of piperidine rings is 1. The molecule has 0 aromatic carbocycles. The van der Waals surface area contributed by atoms with E-state index < -0.39 is 0 Å². The van der Waals surface area contributed by atoms with Crippen LogP contribution in [-0.4, -0.2) is 37.0 Å². The molecule has 1 aromatic rings. The number of nitrogens with one attached hydrogen (secondary N) is 1. The molecule has 4 heteroatoms. The van der Waals surface area contributed by atoms with Gasteiger partial charge in [-0.15, -0.1) is 11.3 Å². The Morgan fingerprint density at radius 2 is 2.19 bits per heavy atom. The van der Waals surface area contributed by atoms with E-state index in [4.69, 9.17) is 0 Å². The van der Waals surface area contributed by atoms with Crippen molar-refractivity contribution in [1.29, 1.82) is 0 Å². The zero-order valence-corrected chi connectivity index (χ0v) is 10.6. The van der Waals surface area contributed by atoms with E-state index in [-0.39, 0.29) is 5.91 Å². The van der Waals surface area contributed by atoms with Gasteiger partial charge >= 0.3 is 0 Å². The van der Waals surface area contributed by atoms with Crippen molar-refractivity contribution in [3.63, 3.8) is 0 Å². The molecule has 2 rings (SSSR count). The van der Waals surface area contributed by atoms with Gasteiger partial charge in [-0.1, -0.05) is 0 Å². The van der Waals surface area contributed by atoms with Gasteiger partial charge in [-0.3, -0.25) is 4.79 Å². The molecule has 1 aliphatic rings. The van der Waals surface area contributed by atoms with Gasteiger partial charge in [-0.05, 0) is 43.8 Å². The first-order valence-electron chi connectivity index (χ1n) is 5.73. The van der Waals surface area contributed by atoms with Crippen molar-refractivity contribution in [2.45, 2.75) is 25.8 Å². The molecular formula is C12H18N2OS. The fourth-order valence-electron chi connectivity index (χ4n) is 2.11. The van der Waals surface area contributed by atoms with Gasteiger partial charge in [-0.25, -0.2) is 0 Å². The summed E-state index contributed by atoms with van der Waals surface area (Å²) >= 11 is 1.55. The maximum atomic E-state index is 12.2. The highest BCUT2D eigenvalue weighted by Gasteiger charge is 2.24. The Bertz CT molecular complexity index is 367. The molecule has 1 aromatic heterocycles. The normalized spacial score (nSPS) is 17.8. The second-order valence-corrected chi connectivity index (χ2v) is 5.20. The fourth-order valence-corrected chi connectivity index (χ4v) is 3.00. The number of likely N-dealkylation sites (tertiary alicyclic amines) is 1. The minimum absolute atomic E-state index is 0.210. The predicted octanol–water partition coefficient (Wildman–Crippen LogP) is 1.88. The van der Waals surface area contributed by atoms with E-state index in [1.807, 2.05) is 30.3 Å². The standard InChI is InChI=1S/C12H18N2OS/c1-9-5-8-16-11(9)12(15)14-6-3-10(13-2)4-7-14/h5,8,10,13H,3-4,6-7H2,1-2H3. The number of hydrogen-bond acceptors (Lipinski definition) is 3. The van der Waals surface area contributed by atoms with Crippen molar-refractivity contribution in [2.75, 3.05) is 20.1 Å². The quantitative estimate of drug-likeness (QED) is 0.853. The molecule has 0 saturated carbocycles. The molecular weight excluding hydrogens is 220 g/mol. The molecule has 1 fully saturated rings. The molecule has 1 amide bonds. The molecule has 0 aliphatic carbocycles. The highest BCUT2D eigenvalue weighted by Crippen LogP contribution is 2.20. The number of nitrogens with zero attached hydrogens (tertiary/aromatic N) is 1. The first-order chi connectivity index (χ1) is 7.72. The Kier molecular flexibility index (Phi) is 3.61. The van der Waals surface area contributed by atoms with Crippen LogP contribution in [-0.2, 0) is 0 Å². The summed E-state index contributed by atoms with van der Waals surface area (Å²) in [5.74, 6) is 0.210. The van der Waals surface area contributed by atoms with Crippen LogP contribution in [0.3, 0.4) is 0 Å². The monoisotopic (exact) mass is 238 g/mol. The number of aryl methyl sites for hydroxylation is 1. The number of thiophene rings is 1.